The minimum absolute atomic E-state index is 0.334. The first-order chi connectivity index (χ1) is 6.41. The summed E-state index contributed by atoms with van der Waals surface area (Å²) in [5.41, 5.74) is 0.435. The van der Waals surface area contributed by atoms with Gasteiger partial charge in [-0.25, -0.2) is 0 Å². The van der Waals surface area contributed by atoms with Gasteiger partial charge in [-0.05, 0) is 36.5 Å². The summed E-state index contributed by atoms with van der Waals surface area (Å²) in [6.45, 7) is 11.9. The Morgan fingerprint density at radius 2 is 1.57 bits per heavy atom. The number of hydrogen-bond acceptors (Lipinski definition) is 1. The fourth-order valence-corrected chi connectivity index (χ4v) is 2.44. The maximum Gasteiger partial charge on any atom is 0.0433 e. The lowest BCUT2D eigenvalue weighted by Gasteiger charge is -2.30. The highest BCUT2D eigenvalue weighted by atomic mass is 16.3. The van der Waals surface area contributed by atoms with E-state index in [1.807, 2.05) is 0 Å². The van der Waals surface area contributed by atoms with E-state index in [1.165, 1.54) is 19.3 Å². The quantitative estimate of drug-likeness (QED) is 0.661. The largest absolute Gasteiger partial charge is 0.396 e. The highest BCUT2D eigenvalue weighted by Crippen LogP contribution is 2.34. The SMILES string of the molecule is CCC(C)CC(C)(C)CC(C)CCO. The first-order valence-corrected chi connectivity index (χ1v) is 6.02. The van der Waals surface area contributed by atoms with E-state index < -0.39 is 0 Å². The molecule has 2 atom stereocenters. The molecule has 0 heterocycles. The fraction of sp³-hybridized carbons (Fsp3) is 1.00. The van der Waals surface area contributed by atoms with Crippen molar-refractivity contribution in [1.82, 2.24) is 0 Å². The Kier molecular flexibility index (Phi) is 6.43. The van der Waals surface area contributed by atoms with Crippen molar-refractivity contribution in [1.29, 1.82) is 0 Å². The van der Waals surface area contributed by atoms with Gasteiger partial charge in [0.2, 0.25) is 0 Å². The van der Waals surface area contributed by atoms with Gasteiger partial charge < -0.3 is 5.11 Å². The van der Waals surface area contributed by atoms with Gasteiger partial charge in [-0.2, -0.15) is 0 Å². The third-order valence-corrected chi connectivity index (χ3v) is 3.12. The van der Waals surface area contributed by atoms with Gasteiger partial charge in [-0.1, -0.05) is 41.0 Å². The summed E-state index contributed by atoms with van der Waals surface area (Å²) < 4.78 is 0. The Bertz CT molecular complexity index is 140. The molecule has 1 heteroatoms. The van der Waals surface area contributed by atoms with Crippen molar-refractivity contribution in [3.63, 3.8) is 0 Å². The van der Waals surface area contributed by atoms with Crippen LogP contribution in [-0.4, -0.2) is 11.7 Å². The zero-order valence-electron chi connectivity index (χ0n) is 10.6. The third kappa shape index (κ3) is 6.42. The molecule has 0 radical (unpaired) electrons. The van der Waals surface area contributed by atoms with Crippen LogP contribution in [0.3, 0.4) is 0 Å². The first-order valence-electron chi connectivity index (χ1n) is 6.02. The number of aliphatic hydroxyl groups is 1. The molecule has 0 rings (SSSR count). The molecule has 0 aliphatic rings. The molecule has 0 aliphatic carbocycles. The van der Waals surface area contributed by atoms with Crippen LogP contribution in [0.15, 0.2) is 0 Å². The summed E-state index contributed by atoms with van der Waals surface area (Å²) in [5, 5.41) is 8.86. The molecule has 2 unspecified atom stereocenters. The Morgan fingerprint density at radius 3 is 2.00 bits per heavy atom. The molecule has 0 aliphatic heterocycles. The average molecular weight is 200 g/mol. The molecule has 14 heavy (non-hydrogen) atoms. The number of hydrogen-bond donors (Lipinski definition) is 1. The summed E-state index contributed by atoms with van der Waals surface area (Å²) in [5.74, 6) is 1.48. The number of rotatable bonds is 7. The van der Waals surface area contributed by atoms with Crippen molar-refractivity contribution in [2.45, 2.75) is 60.3 Å². The lowest BCUT2D eigenvalue weighted by molar-refractivity contribution is 0.188. The average Bonchev–Trinajstić information content (AvgIpc) is 2.02. The Labute approximate surface area is 89.9 Å². The summed E-state index contributed by atoms with van der Waals surface area (Å²) in [4.78, 5) is 0. The van der Waals surface area contributed by atoms with Gasteiger partial charge in [0.05, 0.1) is 0 Å². The fourth-order valence-electron chi connectivity index (χ4n) is 2.44. The van der Waals surface area contributed by atoms with Gasteiger partial charge in [-0.3, -0.25) is 0 Å². The number of aliphatic hydroxyl groups excluding tert-OH is 1. The molecule has 0 bridgehead atoms. The van der Waals surface area contributed by atoms with E-state index in [1.54, 1.807) is 0 Å². The molecule has 86 valence electrons. The van der Waals surface area contributed by atoms with Gasteiger partial charge >= 0.3 is 0 Å². The van der Waals surface area contributed by atoms with Crippen molar-refractivity contribution in [3.05, 3.63) is 0 Å². The highest BCUT2D eigenvalue weighted by Gasteiger charge is 2.22. The van der Waals surface area contributed by atoms with E-state index in [4.69, 9.17) is 5.11 Å². The van der Waals surface area contributed by atoms with Gasteiger partial charge in [0.1, 0.15) is 0 Å². The van der Waals surface area contributed by atoms with Crippen LogP contribution in [0.1, 0.15) is 60.3 Å². The topological polar surface area (TPSA) is 20.2 Å². The normalized spacial score (nSPS) is 16.7. The predicted octanol–water partition coefficient (Wildman–Crippen LogP) is 3.86. The lowest BCUT2D eigenvalue weighted by Crippen LogP contribution is -2.19. The van der Waals surface area contributed by atoms with E-state index in [-0.39, 0.29) is 0 Å². The van der Waals surface area contributed by atoms with E-state index in [2.05, 4.69) is 34.6 Å². The molecule has 1 nitrogen and oxygen atoms in total. The molecule has 0 spiro atoms. The molecule has 0 aromatic heterocycles. The van der Waals surface area contributed by atoms with E-state index in [9.17, 15) is 0 Å². The maximum atomic E-state index is 8.86. The van der Waals surface area contributed by atoms with Gasteiger partial charge in [0.15, 0.2) is 0 Å². The summed E-state index contributed by atoms with van der Waals surface area (Å²) >= 11 is 0. The van der Waals surface area contributed by atoms with Crippen LogP contribution in [0, 0.1) is 17.3 Å². The minimum Gasteiger partial charge on any atom is -0.396 e. The zero-order valence-corrected chi connectivity index (χ0v) is 10.6. The van der Waals surface area contributed by atoms with Crippen LogP contribution in [0.4, 0.5) is 0 Å². The third-order valence-electron chi connectivity index (χ3n) is 3.12. The maximum absolute atomic E-state index is 8.86. The van der Waals surface area contributed by atoms with Crippen LogP contribution >= 0.6 is 0 Å². The molecular formula is C13H28O. The molecule has 0 amide bonds. The molecular weight excluding hydrogens is 172 g/mol. The standard InChI is InChI=1S/C13H28O/c1-6-11(2)9-13(4,5)10-12(3)7-8-14/h11-12,14H,6-10H2,1-5H3. The molecule has 0 aromatic carbocycles. The zero-order chi connectivity index (χ0) is 11.2. The van der Waals surface area contributed by atoms with Crippen molar-refractivity contribution in [3.8, 4) is 0 Å². The van der Waals surface area contributed by atoms with Crippen LogP contribution in [0.25, 0.3) is 0 Å². The van der Waals surface area contributed by atoms with Gasteiger partial charge in [-0.15, -0.1) is 0 Å². The second kappa shape index (κ2) is 6.44. The summed E-state index contributed by atoms with van der Waals surface area (Å²) in [6, 6.07) is 0. The minimum atomic E-state index is 0.334. The van der Waals surface area contributed by atoms with Crippen molar-refractivity contribution in [2.75, 3.05) is 6.61 Å². The van der Waals surface area contributed by atoms with Gasteiger partial charge in [0, 0.05) is 6.61 Å². The van der Waals surface area contributed by atoms with Crippen LogP contribution in [0.5, 0.6) is 0 Å². The Balaban J connectivity index is 3.92. The molecule has 0 fully saturated rings. The molecule has 0 aromatic rings. The Hall–Kier alpha value is -0.0400. The molecule has 1 N–H and O–H groups in total. The second-order valence-corrected chi connectivity index (χ2v) is 5.70. The van der Waals surface area contributed by atoms with Crippen molar-refractivity contribution >= 4 is 0 Å². The van der Waals surface area contributed by atoms with Crippen molar-refractivity contribution in [2.24, 2.45) is 17.3 Å². The monoisotopic (exact) mass is 200 g/mol. The van der Waals surface area contributed by atoms with Gasteiger partial charge in [0.25, 0.3) is 0 Å². The second-order valence-electron chi connectivity index (χ2n) is 5.70. The van der Waals surface area contributed by atoms with E-state index >= 15 is 0 Å². The molecule has 0 saturated carbocycles. The highest BCUT2D eigenvalue weighted by molar-refractivity contribution is 4.74. The van der Waals surface area contributed by atoms with E-state index in [0.717, 1.165) is 12.3 Å². The summed E-state index contributed by atoms with van der Waals surface area (Å²) in [6.07, 6.45) is 4.76. The first kappa shape index (κ1) is 14.0. The van der Waals surface area contributed by atoms with Crippen molar-refractivity contribution < 1.29 is 5.11 Å². The van der Waals surface area contributed by atoms with Crippen LogP contribution < -0.4 is 0 Å². The van der Waals surface area contributed by atoms with Crippen LogP contribution in [-0.2, 0) is 0 Å². The van der Waals surface area contributed by atoms with E-state index in [0.29, 0.717) is 17.9 Å². The summed E-state index contributed by atoms with van der Waals surface area (Å²) in [7, 11) is 0. The predicted molar refractivity (Wildman–Crippen MR) is 63.3 cm³/mol. The van der Waals surface area contributed by atoms with Crippen LogP contribution in [0.2, 0.25) is 0 Å². The molecule has 0 saturated heterocycles. The smallest absolute Gasteiger partial charge is 0.0433 e. The lowest BCUT2D eigenvalue weighted by atomic mass is 9.76. The Morgan fingerprint density at radius 1 is 1.07 bits per heavy atom.